The monoisotopic (exact) mass is 211 g/mol. The zero-order valence-electron chi connectivity index (χ0n) is 9.56. The lowest BCUT2D eigenvalue weighted by atomic mass is 10.1. The van der Waals surface area contributed by atoms with Crippen LogP contribution in [0.5, 0.6) is 0 Å². The second-order valence-electron chi connectivity index (χ2n) is 4.60. The van der Waals surface area contributed by atoms with E-state index in [4.69, 9.17) is 0 Å². The third kappa shape index (κ3) is 2.86. The molecular weight excluding hydrogens is 194 g/mol. The fraction of sp³-hybridized carbons (Fsp3) is 0.700. The number of hydrogen-bond donors (Lipinski definition) is 1. The van der Waals surface area contributed by atoms with Gasteiger partial charge in [-0.05, 0) is 19.8 Å². The van der Waals surface area contributed by atoms with Gasteiger partial charge in [0.2, 0.25) is 0 Å². The van der Waals surface area contributed by atoms with Crippen LogP contribution < -0.4 is 0 Å². The van der Waals surface area contributed by atoms with E-state index in [0.29, 0.717) is 18.5 Å². The topological polar surface area (TPSA) is 68.0 Å². The average Bonchev–Trinajstić information content (AvgIpc) is 2.44. The molecule has 0 saturated carbocycles. The van der Waals surface area contributed by atoms with E-state index in [0.717, 1.165) is 5.69 Å². The number of hydrogen-bond acceptors (Lipinski definition) is 4. The molecule has 0 unspecified atom stereocenters. The maximum atomic E-state index is 10.7. The van der Waals surface area contributed by atoms with Crippen molar-refractivity contribution in [1.82, 2.24) is 15.0 Å². The Morgan fingerprint density at radius 3 is 2.53 bits per heavy atom. The Morgan fingerprint density at radius 1 is 1.53 bits per heavy atom. The third-order valence-corrected chi connectivity index (χ3v) is 2.00. The first-order valence-electron chi connectivity index (χ1n) is 4.96. The van der Waals surface area contributed by atoms with Crippen LogP contribution in [0.25, 0.3) is 0 Å². The van der Waals surface area contributed by atoms with Crippen molar-refractivity contribution in [2.24, 2.45) is 0 Å². The molecule has 0 radical (unpaired) electrons. The lowest BCUT2D eigenvalue weighted by Gasteiger charge is -2.19. The van der Waals surface area contributed by atoms with Gasteiger partial charge in [-0.2, -0.15) is 0 Å². The summed E-state index contributed by atoms with van der Waals surface area (Å²) in [5, 5.41) is 17.3. The summed E-state index contributed by atoms with van der Waals surface area (Å²) in [5.41, 5.74) is 0.263. The van der Waals surface area contributed by atoms with Gasteiger partial charge in [0.05, 0.1) is 17.8 Å². The Morgan fingerprint density at radius 2 is 2.13 bits per heavy atom. The van der Waals surface area contributed by atoms with Gasteiger partial charge in [0.25, 0.3) is 0 Å². The van der Waals surface area contributed by atoms with Crippen LogP contribution in [-0.4, -0.2) is 32.0 Å². The highest BCUT2D eigenvalue weighted by Crippen LogP contribution is 2.18. The summed E-state index contributed by atoms with van der Waals surface area (Å²) in [7, 11) is 0. The van der Waals surface area contributed by atoms with E-state index in [1.54, 1.807) is 18.5 Å². The Balaban J connectivity index is 3.08. The SMILES string of the molecule is CC(C)c1c(C=O)nnn1CC(C)(C)O. The predicted molar refractivity (Wildman–Crippen MR) is 55.8 cm³/mol. The number of carbonyl (C=O) groups is 1. The van der Waals surface area contributed by atoms with Gasteiger partial charge in [-0.3, -0.25) is 4.79 Å². The number of carbonyl (C=O) groups excluding carboxylic acids is 1. The molecular formula is C10H17N3O2. The molecule has 1 heterocycles. The van der Waals surface area contributed by atoms with Crippen LogP contribution in [0.3, 0.4) is 0 Å². The van der Waals surface area contributed by atoms with Crippen molar-refractivity contribution < 1.29 is 9.90 Å². The Kier molecular flexibility index (Phi) is 3.24. The van der Waals surface area contributed by atoms with Gasteiger partial charge >= 0.3 is 0 Å². The van der Waals surface area contributed by atoms with Crippen LogP contribution in [0.1, 0.15) is 49.8 Å². The first kappa shape index (κ1) is 11.8. The molecule has 5 heteroatoms. The number of nitrogens with zero attached hydrogens (tertiary/aromatic N) is 3. The Labute approximate surface area is 89.1 Å². The fourth-order valence-corrected chi connectivity index (χ4v) is 1.49. The molecule has 0 atom stereocenters. The summed E-state index contributed by atoms with van der Waals surface area (Å²) < 4.78 is 1.59. The molecule has 0 aliphatic heterocycles. The van der Waals surface area contributed by atoms with Gasteiger partial charge in [-0.15, -0.1) is 5.10 Å². The molecule has 5 nitrogen and oxygen atoms in total. The molecule has 0 fully saturated rings. The molecule has 1 aromatic rings. The summed E-state index contributed by atoms with van der Waals surface area (Å²) in [6.07, 6.45) is 0.698. The standard InChI is InChI=1S/C10H17N3O2/c1-7(2)9-8(5-14)11-12-13(9)6-10(3,4)15/h5,7,15H,6H2,1-4H3. The quantitative estimate of drug-likeness (QED) is 0.754. The van der Waals surface area contributed by atoms with Gasteiger partial charge in [-0.1, -0.05) is 19.1 Å². The predicted octanol–water partition coefficient (Wildman–Crippen LogP) is 0.985. The van der Waals surface area contributed by atoms with E-state index < -0.39 is 5.60 Å². The van der Waals surface area contributed by atoms with E-state index in [-0.39, 0.29) is 5.92 Å². The zero-order valence-corrected chi connectivity index (χ0v) is 9.56. The van der Waals surface area contributed by atoms with Crippen molar-refractivity contribution in [2.75, 3.05) is 0 Å². The maximum Gasteiger partial charge on any atom is 0.172 e. The number of rotatable bonds is 4. The van der Waals surface area contributed by atoms with E-state index in [1.165, 1.54) is 0 Å². The van der Waals surface area contributed by atoms with Crippen molar-refractivity contribution in [2.45, 2.75) is 45.8 Å². The van der Waals surface area contributed by atoms with Crippen LogP contribution in [0.4, 0.5) is 0 Å². The summed E-state index contributed by atoms with van der Waals surface area (Å²) in [6.45, 7) is 7.65. The number of aromatic nitrogens is 3. The van der Waals surface area contributed by atoms with Crippen LogP contribution in [0, 0.1) is 0 Å². The van der Waals surface area contributed by atoms with Crippen LogP contribution in [0.2, 0.25) is 0 Å². The maximum absolute atomic E-state index is 10.7. The Hall–Kier alpha value is -1.23. The highest BCUT2D eigenvalue weighted by molar-refractivity contribution is 5.73. The summed E-state index contributed by atoms with van der Waals surface area (Å²) >= 11 is 0. The third-order valence-electron chi connectivity index (χ3n) is 2.00. The van der Waals surface area contributed by atoms with Crippen LogP contribution >= 0.6 is 0 Å². The minimum Gasteiger partial charge on any atom is -0.389 e. The molecule has 0 amide bonds. The molecule has 0 saturated heterocycles. The van der Waals surface area contributed by atoms with E-state index >= 15 is 0 Å². The van der Waals surface area contributed by atoms with Crippen LogP contribution in [0.15, 0.2) is 0 Å². The van der Waals surface area contributed by atoms with Crippen molar-refractivity contribution in [1.29, 1.82) is 0 Å². The molecule has 1 rings (SSSR count). The first-order chi connectivity index (χ1) is 6.85. The largest absolute Gasteiger partial charge is 0.389 e. The first-order valence-corrected chi connectivity index (χ1v) is 4.96. The number of aliphatic hydroxyl groups is 1. The van der Waals surface area contributed by atoms with E-state index in [2.05, 4.69) is 10.3 Å². The molecule has 0 aromatic carbocycles. The normalized spacial score (nSPS) is 12.1. The zero-order chi connectivity index (χ0) is 11.6. The molecule has 0 aliphatic rings. The van der Waals surface area contributed by atoms with Gasteiger partial charge in [0.1, 0.15) is 5.69 Å². The van der Waals surface area contributed by atoms with Crippen molar-refractivity contribution in [3.05, 3.63) is 11.4 Å². The molecule has 1 aromatic heterocycles. The van der Waals surface area contributed by atoms with Gasteiger partial charge in [-0.25, -0.2) is 4.68 Å². The minimum absolute atomic E-state index is 0.155. The average molecular weight is 211 g/mol. The summed E-state index contributed by atoms with van der Waals surface area (Å²) in [6, 6.07) is 0. The Bertz CT molecular complexity index is 350. The van der Waals surface area contributed by atoms with E-state index in [1.807, 2.05) is 13.8 Å². The second kappa shape index (κ2) is 4.10. The lowest BCUT2D eigenvalue weighted by molar-refractivity contribution is 0.0559. The summed E-state index contributed by atoms with van der Waals surface area (Å²) in [4.78, 5) is 10.7. The van der Waals surface area contributed by atoms with Gasteiger partial charge in [0.15, 0.2) is 6.29 Å². The number of aldehydes is 1. The van der Waals surface area contributed by atoms with Crippen molar-refractivity contribution in [3.8, 4) is 0 Å². The van der Waals surface area contributed by atoms with E-state index in [9.17, 15) is 9.90 Å². The molecule has 84 valence electrons. The highest BCUT2D eigenvalue weighted by Gasteiger charge is 2.21. The molecule has 15 heavy (non-hydrogen) atoms. The van der Waals surface area contributed by atoms with Crippen molar-refractivity contribution in [3.63, 3.8) is 0 Å². The van der Waals surface area contributed by atoms with Gasteiger partial charge < -0.3 is 5.11 Å². The minimum atomic E-state index is -0.864. The lowest BCUT2D eigenvalue weighted by Crippen LogP contribution is -2.28. The molecule has 0 aliphatic carbocycles. The van der Waals surface area contributed by atoms with Crippen molar-refractivity contribution >= 4 is 6.29 Å². The second-order valence-corrected chi connectivity index (χ2v) is 4.60. The highest BCUT2D eigenvalue weighted by atomic mass is 16.3. The fourth-order valence-electron chi connectivity index (χ4n) is 1.49. The summed E-state index contributed by atoms with van der Waals surface area (Å²) in [5.74, 6) is 0.155. The molecule has 1 N–H and O–H groups in total. The smallest absolute Gasteiger partial charge is 0.172 e. The van der Waals surface area contributed by atoms with Crippen LogP contribution in [-0.2, 0) is 6.54 Å². The van der Waals surface area contributed by atoms with Gasteiger partial charge in [0, 0.05) is 0 Å². The molecule has 0 bridgehead atoms. The molecule has 0 spiro atoms.